The smallest absolute Gasteiger partial charge is 0.373 e. The number of likely N-dealkylation sites (tertiary alicyclic amines) is 1. The van der Waals surface area contributed by atoms with Gasteiger partial charge in [0.1, 0.15) is 11.6 Å². The summed E-state index contributed by atoms with van der Waals surface area (Å²) >= 11 is 0. The van der Waals surface area contributed by atoms with Crippen LogP contribution < -0.4 is 11.1 Å². The lowest BCUT2D eigenvalue weighted by molar-refractivity contribution is -0.198. The van der Waals surface area contributed by atoms with Crippen LogP contribution in [-0.2, 0) is 11.3 Å². The Bertz CT molecular complexity index is 1280. The molecule has 4 heterocycles. The Labute approximate surface area is 206 Å². The topological polar surface area (TPSA) is 118 Å². The van der Waals surface area contributed by atoms with Gasteiger partial charge in [-0.2, -0.15) is 18.3 Å². The Hall–Kier alpha value is -3.41. The Balaban J connectivity index is 1.45. The lowest BCUT2D eigenvalue weighted by atomic mass is 9.92. The average molecular weight is 503 g/mol. The molecule has 9 nitrogen and oxygen atoms in total. The van der Waals surface area contributed by atoms with Gasteiger partial charge in [-0.3, -0.25) is 9.48 Å². The molecular formula is C24H29F3N8O. The monoisotopic (exact) mass is 502 g/mol. The largest absolute Gasteiger partial charge is 0.396 e. The third kappa shape index (κ3) is 4.23. The molecule has 0 aromatic carbocycles. The van der Waals surface area contributed by atoms with Crippen LogP contribution in [0.3, 0.4) is 0 Å². The number of nitrogens with two attached hydrogens (primary N) is 1. The molecule has 0 spiro atoms. The quantitative estimate of drug-likeness (QED) is 0.457. The van der Waals surface area contributed by atoms with Gasteiger partial charge in [-0.1, -0.05) is 6.58 Å². The predicted octanol–water partition coefficient (Wildman–Crippen LogP) is 3.06. The summed E-state index contributed by atoms with van der Waals surface area (Å²) < 4.78 is 44.2. The summed E-state index contributed by atoms with van der Waals surface area (Å²) in [4.78, 5) is 27.0. The van der Waals surface area contributed by atoms with Crippen molar-refractivity contribution in [3.05, 3.63) is 36.9 Å². The number of alkyl halides is 3. The highest BCUT2D eigenvalue weighted by Crippen LogP contribution is 2.60. The minimum atomic E-state index is -4.53. The lowest BCUT2D eigenvalue weighted by Crippen LogP contribution is -2.56. The summed E-state index contributed by atoms with van der Waals surface area (Å²) in [5, 5.41) is 7.12. The van der Waals surface area contributed by atoms with Gasteiger partial charge in [-0.05, 0) is 32.6 Å². The number of carbonyl (C=O) groups excluding carboxylic acids is 1. The number of piperidine rings is 1. The molecule has 0 bridgehead atoms. The molecule has 2 aliphatic rings. The van der Waals surface area contributed by atoms with E-state index in [9.17, 15) is 18.0 Å². The summed E-state index contributed by atoms with van der Waals surface area (Å²) in [6.07, 6.45) is 3.09. The van der Waals surface area contributed by atoms with Gasteiger partial charge in [-0.25, -0.2) is 9.97 Å². The zero-order valence-corrected chi connectivity index (χ0v) is 20.0. The van der Waals surface area contributed by atoms with Gasteiger partial charge in [0.15, 0.2) is 5.65 Å². The first-order chi connectivity index (χ1) is 17.1. The molecule has 1 unspecified atom stereocenters. The van der Waals surface area contributed by atoms with E-state index in [1.165, 1.54) is 4.90 Å². The van der Waals surface area contributed by atoms with E-state index in [-0.39, 0.29) is 24.6 Å². The van der Waals surface area contributed by atoms with Gasteiger partial charge in [0.25, 0.3) is 0 Å². The Kier molecular flexibility index (Phi) is 6.01. The molecule has 12 heteroatoms. The van der Waals surface area contributed by atoms with Crippen LogP contribution in [-0.4, -0.2) is 66.9 Å². The van der Waals surface area contributed by atoms with E-state index in [1.54, 1.807) is 23.3 Å². The van der Waals surface area contributed by atoms with E-state index < -0.39 is 23.5 Å². The van der Waals surface area contributed by atoms with Gasteiger partial charge in [0, 0.05) is 54.9 Å². The third-order valence-corrected chi connectivity index (χ3v) is 7.28. The number of aryl methyl sites for hydroxylation is 1. The first kappa shape index (κ1) is 24.3. The molecule has 0 radical (unpaired) electrons. The van der Waals surface area contributed by atoms with Crippen LogP contribution in [0.15, 0.2) is 31.4 Å². The molecule has 3 aromatic rings. The summed E-state index contributed by atoms with van der Waals surface area (Å²) in [7, 11) is 0. The van der Waals surface area contributed by atoms with E-state index in [1.807, 2.05) is 13.1 Å². The van der Waals surface area contributed by atoms with Crippen molar-refractivity contribution in [3.63, 3.8) is 0 Å². The highest BCUT2D eigenvalue weighted by Gasteiger charge is 2.69. The number of hydrogen-bond acceptors (Lipinski definition) is 6. The number of rotatable bonds is 7. The van der Waals surface area contributed by atoms with Crippen molar-refractivity contribution in [2.24, 2.45) is 11.1 Å². The fourth-order valence-corrected chi connectivity index (χ4v) is 4.79. The Morgan fingerprint density at radius 3 is 2.67 bits per heavy atom. The molecule has 2 fully saturated rings. The highest BCUT2D eigenvalue weighted by molar-refractivity contribution is 5.90. The summed E-state index contributed by atoms with van der Waals surface area (Å²) in [6, 6.07) is -1.53. The maximum Gasteiger partial charge on any atom is 0.396 e. The number of halogens is 3. The second-order valence-corrected chi connectivity index (χ2v) is 9.61. The van der Waals surface area contributed by atoms with Gasteiger partial charge >= 0.3 is 6.18 Å². The molecule has 3 aromatic heterocycles. The number of aromatic amines is 1. The standard InChI is InChI=1S/C24H29F3N8O/c1-3-35-13-15(10-31-35)18-12-30-21-19(33-18)17(11-29-21)14(2)32-20(23(6-7-23)24(25,26)27)22(36)34-8-4-16(28)5-9-34/h10-13,16,20,32H,2-9,28H2,1H3,(H,29,30). The number of fused-ring (bicyclic) bond motifs is 1. The lowest BCUT2D eigenvalue weighted by Gasteiger charge is -2.37. The van der Waals surface area contributed by atoms with Gasteiger partial charge < -0.3 is 20.9 Å². The normalized spacial score (nSPS) is 18.9. The van der Waals surface area contributed by atoms with Crippen molar-refractivity contribution in [3.8, 4) is 11.3 Å². The predicted molar refractivity (Wildman–Crippen MR) is 128 cm³/mol. The number of carbonyl (C=O) groups is 1. The second-order valence-electron chi connectivity index (χ2n) is 9.61. The molecule has 1 saturated heterocycles. The Morgan fingerprint density at radius 2 is 2.06 bits per heavy atom. The molecule has 1 amide bonds. The van der Waals surface area contributed by atoms with Crippen LogP contribution in [0.2, 0.25) is 0 Å². The molecule has 1 aliphatic heterocycles. The summed E-state index contributed by atoms with van der Waals surface area (Å²) in [5.41, 5.74) is 6.69. The summed E-state index contributed by atoms with van der Waals surface area (Å²) in [5.74, 6) is -0.573. The number of aromatic nitrogens is 5. The van der Waals surface area contributed by atoms with Crippen LogP contribution in [0.25, 0.3) is 28.1 Å². The third-order valence-electron chi connectivity index (χ3n) is 7.28. The maximum atomic E-state index is 14.2. The maximum absolute atomic E-state index is 14.2. The minimum absolute atomic E-state index is 0.0450. The summed E-state index contributed by atoms with van der Waals surface area (Å²) in [6.45, 7) is 7.34. The number of nitrogens with one attached hydrogen (secondary N) is 2. The highest BCUT2D eigenvalue weighted by atomic mass is 19.4. The fraction of sp³-hybridized carbons (Fsp3) is 0.500. The molecule has 1 atom stereocenters. The zero-order valence-electron chi connectivity index (χ0n) is 20.0. The first-order valence-corrected chi connectivity index (χ1v) is 12.1. The van der Waals surface area contributed by atoms with Crippen LogP contribution in [0.4, 0.5) is 13.2 Å². The fourth-order valence-electron chi connectivity index (χ4n) is 4.79. The van der Waals surface area contributed by atoms with E-state index in [0.29, 0.717) is 54.9 Å². The van der Waals surface area contributed by atoms with Crippen LogP contribution in [0.5, 0.6) is 0 Å². The molecule has 192 valence electrons. The van der Waals surface area contributed by atoms with Gasteiger partial charge in [0.2, 0.25) is 5.91 Å². The van der Waals surface area contributed by atoms with E-state index in [2.05, 4.69) is 31.9 Å². The second kappa shape index (κ2) is 8.91. The number of hydrogen-bond donors (Lipinski definition) is 3. The molecule has 1 aliphatic carbocycles. The van der Waals surface area contributed by atoms with E-state index in [0.717, 1.165) is 5.56 Å². The van der Waals surface area contributed by atoms with Crippen LogP contribution in [0, 0.1) is 5.41 Å². The van der Waals surface area contributed by atoms with E-state index >= 15 is 0 Å². The van der Waals surface area contributed by atoms with Crippen molar-refractivity contribution in [1.82, 2.24) is 34.9 Å². The van der Waals surface area contributed by atoms with E-state index in [4.69, 9.17) is 5.73 Å². The number of H-pyrrole nitrogens is 1. The molecule has 1 saturated carbocycles. The average Bonchev–Trinajstić information content (AvgIpc) is 3.34. The van der Waals surface area contributed by atoms with Crippen molar-refractivity contribution in [1.29, 1.82) is 0 Å². The van der Waals surface area contributed by atoms with Crippen LogP contribution >= 0.6 is 0 Å². The number of nitrogens with zero attached hydrogens (tertiary/aromatic N) is 5. The zero-order chi connectivity index (χ0) is 25.7. The molecule has 36 heavy (non-hydrogen) atoms. The molecule has 5 rings (SSSR count). The van der Waals surface area contributed by atoms with Gasteiger partial charge in [-0.15, -0.1) is 0 Å². The van der Waals surface area contributed by atoms with Crippen molar-refractivity contribution >= 4 is 22.8 Å². The number of amides is 1. The van der Waals surface area contributed by atoms with Gasteiger partial charge in [0.05, 0.1) is 23.5 Å². The SMILES string of the molecule is C=C(NC(C(=O)N1CCC(N)CC1)C1(C(F)(F)F)CC1)c1c[nH]c2ncc(-c3cnn(CC)c3)nc12. The van der Waals surface area contributed by atoms with Crippen molar-refractivity contribution < 1.29 is 18.0 Å². The van der Waals surface area contributed by atoms with Crippen LogP contribution in [0.1, 0.15) is 38.2 Å². The molecule has 4 N–H and O–H groups in total. The Morgan fingerprint density at radius 1 is 1.33 bits per heavy atom. The van der Waals surface area contributed by atoms with Crippen molar-refractivity contribution in [2.75, 3.05) is 13.1 Å². The van der Waals surface area contributed by atoms with Crippen molar-refractivity contribution in [2.45, 2.75) is 57.4 Å². The molecular weight excluding hydrogens is 473 g/mol. The minimum Gasteiger partial charge on any atom is -0.373 e. The first-order valence-electron chi connectivity index (χ1n) is 12.1.